The van der Waals surface area contributed by atoms with Crippen LogP contribution in [0.1, 0.15) is 5.56 Å². The Balaban J connectivity index is 0.000000845. The van der Waals surface area contributed by atoms with Crippen LogP contribution in [0.15, 0.2) is 29.2 Å². The summed E-state index contributed by atoms with van der Waals surface area (Å²) in [6.07, 6.45) is 1.60. The fourth-order valence-corrected chi connectivity index (χ4v) is 1.18. The van der Waals surface area contributed by atoms with Crippen LogP contribution in [-0.4, -0.2) is 5.10 Å². The summed E-state index contributed by atoms with van der Waals surface area (Å²) in [5, 5.41) is 8.51. The molecular formula is C9H7N2ORb. The smallest absolute Gasteiger partial charge is 0.540 e. The Morgan fingerprint density at radius 3 is 2.92 bits per heavy atom. The van der Waals surface area contributed by atoms with Gasteiger partial charge >= 0.3 is 58.2 Å². The minimum Gasteiger partial charge on any atom is -0.540 e. The summed E-state index contributed by atoms with van der Waals surface area (Å²) >= 11 is 0. The van der Waals surface area contributed by atoms with E-state index in [0.29, 0.717) is 5.39 Å². The molecule has 0 spiro atoms. The van der Waals surface area contributed by atoms with Gasteiger partial charge in [0, 0.05) is 17.0 Å². The quantitative estimate of drug-likeness (QED) is 0.532. The number of rotatable bonds is 0. The van der Waals surface area contributed by atoms with E-state index in [-0.39, 0.29) is 63.7 Å². The number of aryl methyl sites for hydroxylation is 1. The molecule has 1 aromatic carbocycles. The van der Waals surface area contributed by atoms with Crippen molar-refractivity contribution in [3.8, 4) is 0 Å². The van der Waals surface area contributed by atoms with Gasteiger partial charge in [0.05, 0.1) is 5.56 Å². The van der Waals surface area contributed by atoms with Crippen molar-refractivity contribution in [2.75, 3.05) is 0 Å². The summed E-state index contributed by atoms with van der Waals surface area (Å²) in [6.45, 7) is 1.98. The zero-order valence-corrected chi connectivity index (χ0v) is 12.5. The zero-order valence-electron chi connectivity index (χ0n) is 7.61. The standard InChI is InChI=1S/C9H8N2O.Rb/c1-6-2-3-8-7(4-6)5-10-11-9(8)12;/h2-5H,1H3,(H,11,12);/q;+1/p-1. The molecule has 13 heavy (non-hydrogen) atoms. The van der Waals surface area contributed by atoms with Crippen LogP contribution in [-0.2, 0) is 0 Å². The summed E-state index contributed by atoms with van der Waals surface area (Å²) in [7, 11) is 0. The van der Waals surface area contributed by atoms with E-state index in [9.17, 15) is 4.79 Å². The largest absolute Gasteiger partial charge is 1.00 e. The van der Waals surface area contributed by atoms with Gasteiger partial charge in [0.15, 0.2) is 0 Å². The molecule has 0 radical (unpaired) electrons. The molecule has 0 aliphatic rings. The molecule has 1 aromatic heterocycles. The van der Waals surface area contributed by atoms with Gasteiger partial charge < -0.3 is 15.0 Å². The van der Waals surface area contributed by atoms with E-state index < -0.39 is 0 Å². The van der Waals surface area contributed by atoms with Crippen molar-refractivity contribution in [3.05, 3.63) is 40.3 Å². The Bertz CT molecular complexity index is 478. The van der Waals surface area contributed by atoms with Crippen LogP contribution >= 0.6 is 0 Å². The minimum atomic E-state index is -0.257. The van der Waals surface area contributed by atoms with Crippen molar-refractivity contribution >= 4 is 10.8 Å². The van der Waals surface area contributed by atoms with E-state index in [4.69, 9.17) is 0 Å². The van der Waals surface area contributed by atoms with Gasteiger partial charge in [-0.2, -0.15) is 0 Å². The first-order valence-corrected chi connectivity index (χ1v) is 3.66. The van der Waals surface area contributed by atoms with E-state index in [0.717, 1.165) is 10.9 Å². The second-order valence-electron chi connectivity index (χ2n) is 2.74. The van der Waals surface area contributed by atoms with E-state index in [2.05, 4.69) is 10.2 Å². The van der Waals surface area contributed by atoms with Gasteiger partial charge in [0.25, 0.3) is 0 Å². The predicted molar refractivity (Wildman–Crippen MR) is 46.1 cm³/mol. The molecule has 0 N–H and O–H groups in total. The summed E-state index contributed by atoms with van der Waals surface area (Å²) in [4.78, 5) is 11.1. The first-order chi connectivity index (χ1) is 5.77. The predicted octanol–water partition coefficient (Wildman–Crippen LogP) is -2.14. The number of hydrogen-bond donors (Lipinski definition) is 0. The molecule has 0 saturated carbocycles. The second kappa shape index (κ2) is 4.60. The van der Waals surface area contributed by atoms with Crippen LogP contribution in [0, 0.1) is 6.92 Å². The Hall–Kier alpha value is 0.165. The molecule has 3 nitrogen and oxygen atoms in total. The Morgan fingerprint density at radius 1 is 1.38 bits per heavy atom. The fourth-order valence-electron chi connectivity index (χ4n) is 1.18. The van der Waals surface area contributed by atoms with E-state index in [1.807, 2.05) is 19.1 Å². The van der Waals surface area contributed by atoms with Crippen LogP contribution in [0.5, 0.6) is 0 Å². The number of benzene rings is 1. The first kappa shape index (κ1) is 11.2. The van der Waals surface area contributed by atoms with Crippen molar-refractivity contribution in [2.45, 2.75) is 6.92 Å². The molecule has 4 heteroatoms. The van der Waals surface area contributed by atoms with Crippen molar-refractivity contribution in [3.63, 3.8) is 0 Å². The van der Waals surface area contributed by atoms with Gasteiger partial charge in [-0.25, -0.2) is 0 Å². The maximum Gasteiger partial charge on any atom is 1.00 e. The summed E-state index contributed by atoms with van der Waals surface area (Å²) in [5.41, 5.74) is 0.863. The van der Waals surface area contributed by atoms with Crippen molar-refractivity contribution < 1.29 is 58.2 Å². The summed E-state index contributed by atoms with van der Waals surface area (Å²) in [5.74, 6) is 0. The molecule has 0 aliphatic heterocycles. The van der Waals surface area contributed by atoms with E-state index in [1.54, 1.807) is 12.3 Å². The SMILES string of the molecule is Cc1ccc2c(=O)[n-]ncc2c1.[Rb+]. The average molecular weight is 245 g/mol. The molecule has 0 saturated heterocycles. The maximum absolute atomic E-state index is 11.1. The number of hydrogen-bond acceptors (Lipinski definition) is 2. The van der Waals surface area contributed by atoms with Crippen LogP contribution in [0.3, 0.4) is 0 Å². The Labute approximate surface area is 124 Å². The van der Waals surface area contributed by atoms with Crippen molar-refractivity contribution in [2.24, 2.45) is 0 Å². The monoisotopic (exact) mass is 244 g/mol. The molecule has 0 unspecified atom stereocenters. The second-order valence-corrected chi connectivity index (χ2v) is 2.74. The topological polar surface area (TPSA) is 44.1 Å². The van der Waals surface area contributed by atoms with E-state index in [1.165, 1.54) is 0 Å². The van der Waals surface area contributed by atoms with Gasteiger partial charge in [-0.05, 0) is 13.0 Å². The van der Waals surface area contributed by atoms with Crippen LogP contribution in [0.4, 0.5) is 0 Å². The third kappa shape index (κ3) is 2.34. The zero-order chi connectivity index (χ0) is 8.55. The van der Waals surface area contributed by atoms with Gasteiger partial charge in [-0.15, -0.1) is 0 Å². The minimum absolute atomic E-state index is 0. The normalized spacial score (nSPS) is 9.62. The average Bonchev–Trinajstić information content (AvgIpc) is 2.04. The van der Waals surface area contributed by atoms with Crippen LogP contribution in [0.2, 0.25) is 0 Å². The third-order valence-electron chi connectivity index (χ3n) is 1.78. The van der Waals surface area contributed by atoms with Gasteiger partial charge in [-0.3, -0.25) is 0 Å². The number of nitrogens with zero attached hydrogens (tertiary/aromatic N) is 2. The summed E-state index contributed by atoms with van der Waals surface area (Å²) < 4.78 is 0. The third-order valence-corrected chi connectivity index (χ3v) is 1.78. The van der Waals surface area contributed by atoms with Crippen molar-refractivity contribution in [1.29, 1.82) is 0 Å². The molecule has 0 aliphatic carbocycles. The maximum atomic E-state index is 11.1. The number of aromatic nitrogens is 2. The molecule has 0 bridgehead atoms. The van der Waals surface area contributed by atoms with Gasteiger partial charge in [0.2, 0.25) is 0 Å². The van der Waals surface area contributed by atoms with Gasteiger partial charge in [0.1, 0.15) is 0 Å². The number of fused-ring (bicyclic) bond motifs is 1. The molecule has 2 rings (SSSR count). The Morgan fingerprint density at radius 2 is 2.15 bits per heavy atom. The molecule has 0 amide bonds. The molecule has 0 fully saturated rings. The molecule has 0 atom stereocenters. The van der Waals surface area contributed by atoms with Crippen molar-refractivity contribution in [1.82, 2.24) is 10.2 Å². The molecular weight excluding hydrogens is 238 g/mol. The van der Waals surface area contributed by atoms with E-state index >= 15 is 0 Å². The molecule has 60 valence electrons. The van der Waals surface area contributed by atoms with Crippen LogP contribution in [0.25, 0.3) is 10.8 Å². The van der Waals surface area contributed by atoms with Gasteiger partial charge in [-0.1, -0.05) is 17.7 Å². The molecule has 1 heterocycles. The summed E-state index contributed by atoms with van der Waals surface area (Å²) in [6, 6.07) is 5.60. The van der Waals surface area contributed by atoms with Crippen LogP contribution < -0.4 is 68.8 Å². The first-order valence-electron chi connectivity index (χ1n) is 3.66. The Kier molecular flexibility index (Phi) is 3.97. The molecule has 2 aromatic rings. The fraction of sp³-hybridized carbons (Fsp3) is 0.111.